The SMILES string of the molecule is CCc1noc(CC)c1CNC(=NC)NCc1ccccc1OCC(F)(F)F. The fourth-order valence-electron chi connectivity index (χ4n) is 2.66. The highest BCUT2D eigenvalue weighted by molar-refractivity contribution is 5.79. The van der Waals surface area contributed by atoms with E-state index in [4.69, 9.17) is 9.26 Å². The quantitative estimate of drug-likeness (QED) is 0.525. The summed E-state index contributed by atoms with van der Waals surface area (Å²) in [6.45, 7) is 3.42. The second-order valence-electron chi connectivity index (χ2n) is 6.03. The lowest BCUT2D eigenvalue weighted by molar-refractivity contribution is -0.153. The van der Waals surface area contributed by atoms with Crippen molar-refractivity contribution in [3.8, 4) is 5.75 Å². The number of aromatic nitrogens is 1. The largest absolute Gasteiger partial charge is 0.484 e. The third-order valence-corrected chi connectivity index (χ3v) is 4.07. The standard InChI is InChI=1S/C19H25F3N4O2/c1-4-15-14(16(5-2)28-26-15)11-25-18(23-3)24-10-13-8-6-7-9-17(13)27-12-19(20,21)22/h6-9H,4-5,10-12H2,1-3H3,(H2,23,24,25). The van der Waals surface area contributed by atoms with Crippen LogP contribution >= 0.6 is 0 Å². The zero-order valence-electron chi connectivity index (χ0n) is 16.2. The van der Waals surface area contributed by atoms with E-state index in [1.165, 1.54) is 6.07 Å². The van der Waals surface area contributed by atoms with Crippen LogP contribution < -0.4 is 15.4 Å². The number of benzene rings is 1. The molecule has 0 spiro atoms. The van der Waals surface area contributed by atoms with Crippen LogP contribution in [0.25, 0.3) is 0 Å². The number of halogens is 3. The summed E-state index contributed by atoms with van der Waals surface area (Å²) in [5.41, 5.74) is 2.50. The summed E-state index contributed by atoms with van der Waals surface area (Å²) in [5.74, 6) is 1.52. The molecule has 1 aromatic carbocycles. The van der Waals surface area contributed by atoms with Gasteiger partial charge in [-0.25, -0.2) is 0 Å². The van der Waals surface area contributed by atoms with E-state index in [1.54, 1.807) is 25.2 Å². The van der Waals surface area contributed by atoms with Crippen LogP contribution in [-0.4, -0.2) is 30.9 Å². The number of hydrogen-bond acceptors (Lipinski definition) is 4. The second kappa shape index (κ2) is 10.0. The molecule has 0 fully saturated rings. The van der Waals surface area contributed by atoms with Crippen molar-refractivity contribution >= 4 is 5.96 Å². The van der Waals surface area contributed by atoms with Gasteiger partial charge in [-0.05, 0) is 12.5 Å². The van der Waals surface area contributed by atoms with Crippen molar-refractivity contribution < 1.29 is 22.4 Å². The van der Waals surface area contributed by atoms with Gasteiger partial charge in [-0.15, -0.1) is 0 Å². The Morgan fingerprint density at radius 3 is 2.50 bits per heavy atom. The fraction of sp³-hybridized carbons (Fsp3) is 0.474. The minimum absolute atomic E-state index is 0.184. The number of nitrogens with one attached hydrogen (secondary N) is 2. The molecule has 0 amide bonds. The van der Waals surface area contributed by atoms with Gasteiger partial charge in [0.2, 0.25) is 0 Å². The predicted molar refractivity (Wildman–Crippen MR) is 100 cm³/mol. The van der Waals surface area contributed by atoms with Gasteiger partial charge in [0.25, 0.3) is 0 Å². The van der Waals surface area contributed by atoms with Crippen molar-refractivity contribution in [2.45, 2.75) is 46.0 Å². The lowest BCUT2D eigenvalue weighted by Gasteiger charge is -2.15. The number of rotatable bonds is 8. The summed E-state index contributed by atoms with van der Waals surface area (Å²) in [6, 6.07) is 6.59. The molecule has 0 radical (unpaired) electrons. The van der Waals surface area contributed by atoms with Crippen LogP contribution in [0, 0.1) is 0 Å². The van der Waals surface area contributed by atoms with Gasteiger partial charge in [-0.1, -0.05) is 37.2 Å². The fourth-order valence-corrected chi connectivity index (χ4v) is 2.66. The first-order valence-corrected chi connectivity index (χ1v) is 9.06. The first-order valence-electron chi connectivity index (χ1n) is 9.06. The number of para-hydroxylation sites is 1. The molecule has 9 heteroatoms. The zero-order valence-corrected chi connectivity index (χ0v) is 16.2. The maximum atomic E-state index is 12.4. The smallest absolute Gasteiger partial charge is 0.422 e. The normalized spacial score (nSPS) is 12.1. The Labute approximate surface area is 162 Å². The van der Waals surface area contributed by atoms with Gasteiger partial charge in [0.05, 0.1) is 5.69 Å². The number of alkyl halides is 3. The van der Waals surface area contributed by atoms with E-state index >= 15 is 0 Å². The molecule has 1 aromatic heterocycles. The van der Waals surface area contributed by atoms with Crippen LogP contribution in [-0.2, 0) is 25.9 Å². The van der Waals surface area contributed by atoms with Crippen LogP contribution in [0.1, 0.15) is 36.4 Å². The molecular weight excluding hydrogens is 373 g/mol. The number of hydrogen-bond donors (Lipinski definition) is 2. The molecule has 0 aliphatic carbocycles. The highest BCUT2D eigenvalue weighted by Gasteiger charge is 2.28. The average molecular weight is 398 g/mol. The van der Waals surface area contributed by atoms with Gasteiger partial charge in [-0.3, -0.25) is 4.99 Å². The minimum Gasteiger partial charge on any atom is -0.484 e. The van der Waals surface area contributed by atoms with Gasteiger partial charge in [0.15, 0.2) is 12.6 Å². The molecule has 2 aromatic rings. The average Bonchev–Trinajstić information content (AvgIpc) is 3.08. The van der Waals surface area contributed by atoms with Crippen LogP contribution in [0.3, 0.4) is 0 Å². The third kappa shape index (κ3) is 6.17. The summed E-state index contributed by atoms with van der Waals surface area (Å²) in [7, 11) is 1.62. The summed E-state index contributed by atoms with van der Waals surface area (Å²) in [5, 5.41) is 10.3. The number of nitrogens with zero attached hydrogens (tertiary/aromatic N) is 2. The molecule has 28 heavy (non-hydrogen) atoms. The summed E-state index contributed by atoms with van der Waals surface area (Å²) in [6.07, 6.45) is -2.89. The summed E-state index contributed by atoms with van der Waals surface area (Å²) >= 11 is 0. The van der Waals surface area contributed by atoms with Crippen LogP contribution in [0.4, 0.5) is 13.2 Å². The lowest BCUT2D eigenvalue weighted by atomic mass is 10.1. The molecular formula is C19H25F3N4O2. The van der Waals surface area contributed by atoms with Crippen molar-refractivity contribution in [2.24, 2.45) is 4.99 Å². The van der Waals surface area contributed by atoms with Gasteiger partial charge in [0.1, 0.15) is 11.5 Å². The molecule has 0 saturated heterocycles. The number of guanidine groups is 1. The van der Waals surface area contributed by atoms with Crippen LogP contribution in [0.5, 0.6) is 5.75 Å². The van der Waals surface area contributed by atoms with Gasteiger partial charge in [-0.2, -0.15) is 13.2 Å². The Hall–Kier alpha value is -2.71. The topological polar surface area (TPSA) is 71.7 Å². The number of ether oxygens (including phenoxy) is 1. The number of aryl methyl sites for hydroxylation is 2. The molecule has 2 N–H and O–H groups in total. The molecule has 0 aliphatic heterocycles. The van der Waals surface area contributed by atoms with E-state index in [2.05, 4.69) is 20.8 Å². The van der Waals surface area contributed by atoms with Crippen molar-refractivity contribution in [3.05, 3.63) is 46.8 Å². The third-order valence-electron chi connectivity index (χ3n) is 4.07. The molecule has 0 saturated carbocycles. The highest BCUT2D eigenvalue weighted by atomic mass is 19.4. The Bertz CT molecular complexity index is 766. The first kappa shape index (κ1) is 21.6. The molecule has 154 valence electrons. The van der Waals surface area contributed by atoms with Crippen LogP contribution in [0.2, 0.25) is 0 Å². The summed E-state index contributed by atoms with van der Waals surface area (Å²) < 4.78 is 47.5. The zero-order chi connectivity index (χ0) is 20.6. The minimum atomic E-state index is -4.38. The first-order chi connectivity index (χ1) is 13.4. The highest BCUT2D eigenvalue weighted by Crippen LogP contribution is 2.22. The van der Waals surface area contributed by atoms with Crippen LogP contribution in [0.15, 0.2) is 33.8 Å². The predicted octanol–water partition coefficient (Wildman–Crippen LogP) is 3.61. The van der Waals surface area contributed by atoms with E-state index in [1.807, 2.05) is 13.8 Å². The van der Waals surface area contributed by atoms with Crippen molar-refractivity contribution in [2.75, 3.05) is 13.7 Å². The Morgan fingerprint density at radius 2 is 1.86 bits per heavy atom. The lowest BCUT2D eigenvalue weighted by Crippen LogP contribution is -2.36. The molecule has 0 bridgehead atoms. The van der Waals surface area contributed by atoms with Crippen molar-refractivity contribution in [1.82, 2.24) is 15.8 Å². The second-order valence-corrected chi connectivity index (χ2v) is 6.03. The maximum absolute atomic E-state index is 12.4. The number of aliphatic imine (C=N–C) groups is 1. The molecule has 0 atom stereocenters. The monoisotopic (exact) mass is 398 g/mol. The van der Waals surface area contributed by atoms with Crippen molar-refractivity contribution in [1.29, 1.82) is 0 Å². The molecule has 6 nitrogen and oxygen atoms in total. The van der Waals surface area contributed by atoms with E-state index in [0.717, 1.165) is 29.9 Å². The Morgan fingerprint density at radius 1 is 1.14 bits per heavy atom. The molecule has 1 heterocycles. The molecule has 2 rings (SSSR count). The Balaban J connectivity index is 1.97. The van der Waals surface area contributed by atoms with Gasteiger partial charge < -0.3 is 19.9 Å². The molecule has 0 unspecified atom stereocenters. The van der Waals surface area contributed by atoms with Crippen molar-refractivity contribution in [3.63, 3.8) is 0 Å². The Kier molecular flexibility index (Phi) is 7.71. The van der Waals surface area contributed by atoms with E-state index in [0.29, 0.717) is 18.1 Å². The summed E-state index contributed by atoms with van der Waals surface area (Å²) in [4.78, 5) is 4.15. The van der Waals surface area contributed by atoms with E-state index in [9.17, 15) is 13.2 Å². The van der Waals surface area contributed by atoms with Gasteiger partial charge in [0, 0.05) is 37.7 Å². The molecule has 0 aliphatic rings. The van der Waals surface area contributed by atoms with Gasteiger partial charge >= 0.3 is 6.18 Å². The van der Waals surface area contributed by atoms with E-state index < -0.39 is 12.8 Å². The van der Waals surface area contributed by atoms with E-state index in [-0.39, 0.29) is 12.3 Å². The maximum Gasteiger partial charge on any atom is 0.422 e.